The molecule has 0 aliphatic heterocycles. The maximum Gasteiger partial charge on any atom is 0.306 e. The largest absolute Gasteiger partial charge is 0.314 e. The van der Waals surface area contributed by atoms with E-state index in [2.05, 4.69) is 15.0 Å². The van der Waals surface area contributed by atoms with Crippen molar-refractivity contribution in [2.45, 2.75) is 11.8 Å². The van der Waals surface area contributed by atoms with Crippen LogP contribution in [0.2, 0.25) is 0 Å². The quantitative estimate of drug-likeness (QED) is 0.497. The third kappa shape index (κ3) is 2.12. The molecule has 0 unspecified atom stereocenters. The Labute approximate surface area is 106 Å². The number of halogens is 4. The number of carbonyl (C=O) groups excluding carboxylic acids is 1. The van der Waals surface area contributed by atoms with Gasteiger partial charge in [-0.3, -0.25) is 4.79 Å². The number of rotatable bonds is 1. The minimum Gasteiger partial charge on any atom is -0.314 e. The Hall–Kier alpha value is -1.21. The zero-order valence-electron chi connectivity index (χ0n) is 7.75. The molecule has 0 aromatic carbocycles. The van der Waals surface area contributed by atoms with E-state index in [1.165, 1.54) is 0 Å². The molecule has 17 heavy (non-hydrogen) atoms. The smallest absolute Gasteiger partial charge is 0.306 e. The summed E-state index contributed by atoms with van der Waals surface area (Å²) in [5, 5.41) is 0. The van der Waals surface area contributed by atoms with Gasteiger partial charge >= 0.3 is 5.92 Å². The van der Waals surface area contributed by atoms with Gasteiger partial charge in [-0.05, 0) is 0 Å². The summed E-state index contributed by atoms with van der Waals surface area (Å²) in [5.41, 5.74) is -1.31. The number of nitrogens with zero attached hydrogens (tertiary/aromatic N) is 3. The Morgan fingerprint density at radius 1 is 1.12 bits per heavy atom. The molecule has 0 fully saturated rings. The van der Waals surface area contributed by atoms with Gasteiger partial charge < -0.3 is 9.97 Å². The Morgan fingerprint density at radius 2 is 1.65 bits per heavy atom. The summed E-state index contributed by atoms with van der Waals surface area (Å²) in [6.45, 7) is 0. The van der Waals surface area contributed by atoms with Crippen molar-refractivity contribution in [1.82, 2.24) is 15.0 Å². The van der Waals surface area contributed by atoms with E-state index < -0.39 is 29.0 Å². The summed E-state index contributed by atoms with van der Waals surface area (Å²) in [6.07, 6.45) is 2.83. The summed E-state index contributed by atoms with van der Waals surface area (Å²) in [7, 11) is 0. The molecule has 0 bridgehead atoms. The topological polar surface area (TPSA) is 55.7 Å². The number of alkyl halides is 4. The van der Waals surface area contributed by atoms with Gasteiger partial charge in [0.25, 0.3) is 11.7 Å². The number of ketones is 1. The van der Waals surface area contributed by atoms with Gasteiger partial charge in [0.05, 0.1) is 12.7 Å². The first kappa shape index (κ1) is 13.9. The molecule has 9 heteroatoms. The third-order valence-corrected chi connectivity index (χ3v) is 1.88. The van der Waals surface area contributed by atoms with E-state index >= 15 is 0 Å². The zero-order chi connectivity index (χ0) is 12.0. The third-order valence-electron chi connectivity index (χ3n) is 1.88. The van der Waals surface area contributed by atoms with Crippen LogP contribution in [0.25, 0.3) is 5.57 Å². The monoisotopic (exact) mass is 425 g/mol. The molecule has 0 saturated carbocycles. The van der Waals surface area contributed by atoms with Crippen LogP contribution in [-0.4, -0.2) is 32.6 Å². The van der Waals surface area contributed by atoms with E-state index in [1.54, 1.807) is 0 Å². The number of carbonyl (C=O) groups is 1. The van der Waals surface area contributed by atoms with Gasteiger partial charge in [0, 0.05) is 25.9 Å². The molecule has 1 aromatic rings. The van der Waals surface area contributed by atoms with E-state index in [0.29, 0.717) is 0 Å². The molecule has 93 valence electrons. The normalized spacial score (nSPS) is 20.7. The van der Waals surface area contributed by atoms with Crippen molar-refractivity contribution >= 4 is 11.4 Å². The second kappa shape index (κ2) is 4.23. The van der Waals surface area contributed by atoms with Crippen LogP contribution < -0.4 is 0 Å². The average Bonchev–Trinajstić information content (AvgIpc) is 2.40. The molecular formula is C8H2F4IrN3O-. The van der Waals surface area contributed by atoms with Crippen molar-refractivity contribution in [1.29, 1.82) is 0 Å². The molecule has 0 spiro atoms. The number of Topliss-reactive ketones (excluding diaryl/α,β-unsaturated/α-hetero) is 1. The van der Waals surface area contributed by atoms with Crippen molar-refractivity contribution in [2.75, 3.05) is 0 Å². The number of allylic oxidation sites excluding steroid dienone is 2. The van der Waals surface area contributed by atoms with E-state index in [0.717, 1.165) is 18.7 Å². The predicted molar refractivity (Wildman–Crippen MR) is 41.4 cm³/mol. The maximum absolute atomic E-state index is 13.2. The molecule has 1 radical (unpaired) electrons. The van der Waals surface area contributed by atoms with Crippen molar-refractivity contribution in [3.8, 4) is 0 Å². The number of aromatic nitrogens is 3. The Balaban J connectivity index is 0.00000144. The molecule has 0 amide bonds. The van der Waals surface area contributed by atoms with Crippen LogP contribution in [0, 0.1) is 6.08 Å². The second-order valence-electron chi connectivity index (χ2n) is 2.94. The van der Waals surface area contributed by atoms with Crippen molar-refractivity contribution in [3.05, 3.63) is 24.6 Å². The summed E-state index contributed by atoms with van der Waals surface area (Å²) in [5.74, 6) is -11.9. The Kier molecular flexibility index (Phi) is 3.45. The molecule has 1 heterocycles. The van der Waals surface area contributed by atoms with Crippen LogP contribution >= 0.6 is 0 Å². The van der Waals surface area contributed by atoms with Crippen LogP contribution in [0.5, 0.6) is 0 Å². The molecule has 1 aliphatic carbocycles. The van der Waals surface area contributed by atoms with Gasteiger partial charge in [0.15, 0.2) is 0 Å². The minimum atomic E-state index is -4.33. The first-order chi connectivity index (χ1) is 7.36. The number of hydrogen-bond acceptors (Lipinski definition) is 4. The van der Waals surface area contributed by atoms with Crippen molar-refractivity contribution < 1.29 is 42.5 Å². The van der Waals surface area contributed by atoms with Gasteiger partial charge in [-0.2, -0.15) is 14.9 Å². The van der Waals surface area contributed by atoms with E-state index in [4.69, 9.17) is 0 Å². The molecule has 0 saturated heterocycles. The van der Waals surface area contributed by atoms with Crippen LogP contribution in [0.4, 0.5) is 17.6 Å². The molecule has 0 N–H and O–H groups in total. The van der Waals surface area contributed by atoms with Crippen molar-refractivity contribution in [2.24, 2.45) is 0 Å². The summed E-state index contributed by atoms with van der Waals surface area (Å²) in [4.78, 5) is 20.6. The van der Waals surface area contributed by atoms with E-state index in [-0.39, 0.29) is 20.1 Å². The first-order valence-electron chi connectivity index (χ1n) is 3.94. The van der Waals surface area contributed by atoms with Crippen LogP contribution in [0.15, 0.2) is 12.7 Å². The summed E-state index contributed by atoms with van der Waals surface area (Å²) < 4.78 is 51.8. The van der Waals surface area contributed by atoms with Gasteiger partial charge in [-0.25, -0.2) is 13.8 Å². The van der Waals surface area contributed by atoms with Crippen LogP contribution in [0.3, 0.4) is 0 Å². The Bertz CT molecular complexity index is 477. The fourth-order valence-electron chi connectivity index (χ4n) is 1.17. The molecule has 4 nitrogen and oxygen atoms in total. The second-order valence-corrected chi connectivity index (χ2v) is 2.94. The number of hydrogen-bond donors (Lipinski definition) is 0. The fourth-order valence-corrected chi connectivity index (χ4v) is 1.17. The summed E-state index contributed by atoms with van der Waals surface area (Å²) >= 11 is 0. The van der Waals surface area contributed by atoms with Crippen molar-refractivity contribution in [3.63, 3.8) is 0 Å². The Morgan fingerprint density at radius 3 is 2.06 bits per heavy atom. The van der Waals surface area contributed by atoms with Gasteiger partial charge in [-0.1, -0.05) is 5.57 Å². The molecule has 1 aliphatic rings. The van der Waals surface area contributed by atoms with E-state index in [1.807, 2.05) is 0 Å². The standard InChI is InChI=1S/C8H2F4N3O.Ir/c9-7(10)1-4(8(11,12)6(7)16)5-14-2-13-3-15-5;/h2-3H;/q-1;. The fraction of sp³-hybridized carbons (Fsp3) is 0.250. The van der Waals surface area contributed by atoms with E-state index in [9.17, 15) is 22.4 Å². The van der Waals surface area contributed by atoms with Gasteiger partial charge in [0.1, 0.15) is 0 Å². The molecular weight excluding hydrogens is 422 g/mol. The maximum atomic E-state index is 13.2. The summed E-state index contributed by atoms with van der Waals surface area (Å²) in [6, 6.07) is 0. The zero-order valence-corrected chi connectivity index (χ0v) is 10.1. The average molecular weight is 424 g/mol. The van der Waals surface area contributed by atoms with Gasteiger partial charge in [0.2, 0.25) is 0 Å². The predicted octanol–water partition coefficient (Wildman–Crippen LogP) is 0.909. The molecule has 2 rings (SSSR count). The van der Waals surface area contributed by atoms with Crippen LogP contribution in [0.1, 0.15) is 5.82 Å². The molecule has 0 atom stereocenters. The molecule has 1 aromatic heterocycles. The SMILES string of the molecule is O=C1C(F)(F)[C-]=C(c2ncncn2)C1(F)F.[Ir]. The first-order valence-corrected chi connectivity index (χ1v) is 3.94. The minimum absolute atomic E-state index is 0. The van der Waals surface area contributed by atoms with Crippen LogP contribution in [-0.2, 0) is 24.9 Å². The van der Waals surface area contributed by atoms with Gasteiger partial charge in [-0.15, -0.1) is 0 Å².